The number of carbonyl (C=O) groups excluding carboxylic acids is 1. The minimum Gasteiger partial charge on any atom is -0.356 e. The summed E-state index contributed by atoms with van der Waals surface area (Å²) in [6.45, 7) is 1.42. The fourth-order valence-electron chi connectivity index (χ4n) is 2.23. The molecule has 1 aromatic heterocycles. The molecule has 4 nitrogen and oxygen atoms in total. The van der Waals surface area contributed by atoms with Crippen molar-refractivity contribution in [2.24, 2.45) is 0 Å². The molecule has 0 spiro atoms. The van der Waals surface area contributed by atoms with Crippen molar-refractivity contribution in [3.63, 3.8) is 0 Å². The van der Waals surface area contributed by atoms with E-state index in [9.17, 15) is 4.79 Å². The Morgan fingerprint density at radius 1 is 1.44 bits per heavy atom. The van der Waals surface area contributed by atoms with Crippen molar-refractivity contribution < 1.29 is 4.79 Å². The second-order valence-corrected chi connectivity index (χ2v) is 4.73. The highest BCUT2D eigenvalue weighted by molar-refractivity contribution is 5.75. The van der Waals surface area contributed by atoms with Crippen LogP contribution in [-0.2, 0) is 11.3 Å². The maximum absolute atomic E-state index is 11.6. The summed E-state index contributed by atoms with van der Waals surface area (Å²) < 4.78 is 1.78. The van der Waals surface area contributed by atoms with Crippen molar-refractivity contribution in [2.45, 2.75) is 45.1 Å². The number of nitrogens with one attached hydrogen (secondary N) is 1. The highest BCUT2D eigenvalue weighted by Crippen LogP contribution is 2.19. The Hall–Kier alpha value is -1.58. The van der Waals surface area contributed by atoms with E-state index < -0.39 is 0 Å². The van der Waals surface area contributed by atoms with Crippen LogP contribution in [0.3, 0.4) is 0 Å². The molecule has 1 aliphatic carbocycles. The molecular weight excluding hydrogens is 226 g/mol. The monoisotopic (exact) mass is 247 g/mol. The van der Waals surface area contributed by atoms with Crippen LogP contribution in [-0.4, -0.2) is 22.2 Å². The Morgan fingerprint density at radius 2 is 2.39 bits per heavy atom. The predicted molar refractivity (Wildman–Crippen MR) is 71.0 cm³/mol. The number of aryl methyl sites for hydroxylation is 1. The van der Waals surface area contributed by atoms with E-state index in [2.05, 4.69) is 16.5 Å². The van der Waals surface area contributed by atoms with Gasteiger partial charge in [-0.25, -0.2) is 0 Å². The van der Waals surface area contributed by atoms with E-state index in [-0.39, 0.29) is 5.91 Å². The molecule has 0 fully saturated rings. The molecule has 0 bridgehead atoms. The quantitative estimate of drug-likeness (QED) is 0.784. The second-order valence-electron chi connectivity index (χ2n) is 4.73. The number of nitrogens with zero attached hydrogens (tertiary/aromatic N) is 2. The molecule has 1 aromatic rings. The molecule has 0 unspecified atom stereocenters. The van der Waals surface area contributed by atoms with Crippen LogP contribution in [0.25, 0.3) is 0 Å². The molecule has 1 amide bonds. The summed E-state index contributed by atoms with van der Waals surface area (Å²) in [4.78, 5) is 11.6. The number of allylic oxidation sites excluding steroid dienone is 1. The normalized spacial score (nSPS) is 15.2. The van der Waals surface area contributed by atoms with Gasteiger partial charge in [-0.15, -0.1) is 0 Å². The number of aromatic nitrogens is 2. The first kappa shape index (κ1) is 12.9. The van der Waals surface area contributed by atoms with Crippen molar-refractivity contribution in [1.82, 2.24) is 15.1 Å². The van der Waals surface area contributed by atoms with E-state index in [1.165, 1.54) is 31.3 Å². The summed E-state index contributed by atoms with van der Waals surface area (Å²) in [5, 5.41) is 7.04. The van der Waals surface area contributed by atoms with Gasteiger partial charge in [0, 0.05) is 31.9 Å². The zero-order chi connectivity index (χ0) is 12.6. The van der Waals surface area contributed by atoms with Gasteiger partial charge in [-0.2, -0.15) is 5.10 Å². The van der Waals surface area contributed by atoms with Gasteiger partial charge in [0.2, 0.25) is 5.91 Å². The first-order valence-electron chi connectivity index (χ1n) is 6.76. The summed E-state index contributed by atoms with van der Waals surface area (Å²) >= 11 is 0. The molecule has 0 saturated carbocycles. The average Bonchev–Trinajstić information content (AvgIpc) is 2.91. The molecule has 0 saturated heterocycles. The molecule has 2 rings (SSSR count). The number of amides is 1. The van der Waals surface area contributed by atoms with Crippen molar-refractivity contribution >= 4 is 5.91 Å². The third-order valence-corrected chi connectivity index (χ3v) is 3.28. The van der Waals surface area contributed by atoms with Gasteiger partial charge in [0.05, 0.1) is 0 Å². The summed E-state index contributed by atoms with van der Waals surface area (Å²) in [5.74, 6) is 0.113. The SMILES string of the molecule is O=C(CCn1cccn1)NCCC1=CCCCC1. The second kappa shape index (κ2) is 6.99. The van der Waals surface area contributed by atoms with Crippen LogP contribution in [0.1, 0.15) is 38.5 Å². The molecular formula is C14H21N3O. The van der Waals surface area contributed by atoms with Crippen LogP contribution >= 0.6 is 0 Å². The Balaban J connectivity index is 1.58. The van der Waals surface area contributed by atoms with Crippen molar-refractivity contribution in [2.75, 3.05) is 6.54 Å². The first-order valence-corrected chi connectivity index (χ1v) is 6.76. The van der Waals surface area contributed by atoms with Gasteiger partial charge < -0.3 is 5.32 Å². The number of carbonyl (C=O) groups is 1. The maximum atomic E-state index is 11.6. The summed E-state index contributed by atoms with van der Waals surface area (Å²) in [5.41, 5.74) is 1.51. The van der Waals surface area contributed by atoms with Gasteiger partial charge in [0.15, 0.2) is 0 Å². The molecule has 0 aliphatic heterocycles. The molecule has 98 valence electrons. The lowest BCUT2D eigenvalue weighted by Crippen LogP contribution is -2.25. The fourth-order valence-corrected chi connectivity index (χ4v) is 2.23. The van der Waals surface area contributed by atoms with Gasteiger partial charge in [0.25, 0.3) is 0 Å². The Kier molecular flexibility index (Phi) is 5.00. The number of hydrogen-bond donors (Lipinski definition) is 1. The Labute approximate surface area is 108 Å². The van der Waals surface area contributed by atoms with E-state index in [1.54, 1.807) is 10.9 Å². The molecule has 0 radical (unpaired) electrons. The number of hydrogen-bond acceptors (Lipinski definition) is 2. The molecule has 0 atom stereocenters. The van der Waals surface area contributed by atoms with Crippen LogP contribution in [0.5, 0.6) is 0 Å². The molecule has 1 aliphatic rings. The predicted octanol–water partition coefficient (Wildman–Crippen LogP) is 2.28. The van der Waals surface area contributed by atoms with Crippen LogP contribution in [0, 0.1) is 0 Å². The van der Waals surface area contributed by atoms with Crippen molar-refractivity contribution in [3.05, 3.63) is 30.1 Å². The van der Waals surface area contributed by atoms with E-state index in [0.717, 1.165) is 13.0 Å². The van der Waals surface area contributed by atoms with E-state index in [1.807, 2.05) is 12.3 Å². The zero-order valence-electron chi connectivity index (χ0n) is 10.8. The number of rotatable bonds is 6. The largest absolute Gasteiger partial charge is 0.356 e. The lowest BCUT2D eigenvalue weighted by Gasteiger charge is -2.12. The minimum atomic E-state index is 0.113. The highest BCUT2D eigenvalue weighted by Gasteiger charge is 2.05. The van der Waals surface area contributed by atoms with Gasteiger partial charge >= 0.3 is 0 Å². The summed E-state index contributed by atoms with van der Waals surface area (Å²) in [6.07, 6.45) is 12.5. The topological polar surface area (TPSA) is 46.9 Å². The molecule has 1 N–H and O–H groups in total. The lowest BCUT2D eigenvalue weighted by molar-refractivity contribution is -0.121. The third kappa shape index (κ3) is 4.35. The standard InChI is InChI=1S/C14H21N3O/c18-14(8-12-17-11-4-9-16-17)15-10-7-13-5-2-1-3-6-13/h4-5,9,11H,1-3,6-8,10,12H2,(H,15,18). The third-order valence-electron chi connectivity index (χ3n) is 3.28. The van der Waals surface area contributed by atoms with Gasteiger partial charge in [-0.05, 0) is 38.2 Å². The summed E-state index contributed by atoms with van der Waals surface area (Å²) in [6, 6.07) is 1.87. The van der Waals surface area contributed by atoms with E-state index >= 15 is 0 Å². The molecule has 18 heavy (non-hydrogen) atoms. The van der Waals surface area contributed by atoms with Crippen LogP contribution in [0.4, 0.5) is 0 Å². The smallest absolute Gasteiger partial charge is 0.221 e. The zero-order valence-corrected chi connectivity index (χ0v) is 10.8. The summed E-state index contributed by atoms with van der Waals surface area (Å²) in [7, 11) is 0. The van der Waals surface area contributed by atoms with Crippen molar-refractivity contribution in [1.29, 1.82) is 0 Å². The van der Waals surface area contributed by atoms with E-state index in [0.29, 0.717) is 13.0 Å². The minimum absolute atomic E-state index is 0.113. The van der Waals surface area contributed by atoms with E-state index in [4.69, 9.17) is 0 Å². The Morgan fingerprint density at radius 3 is 3.11 bits per heavy atom. The highest BCUT2D eigenvalue weighted by atomic mass is 16.1. The van der Waals surface area contributed by atoms with Crippen LogP contribution in [0.15, 0.2) is 30.1 Å². The lowest BCUT2D eigenvalue weighted by atomic mass is 9.97. The van der Waals surface area contributed by atoms with Gasteiger partial charge in [0.1, 0.15) is 0 Å². The molecule has 4 heteroatoms. The fraction of sp³-hybridized carbons (Fsp3) is 0.571. The van der Waals surface area contributed by atoms with Gasteiger partial charge in [-0.1, -0.05) is 11.6 Å². The first-order chi connectivity index (χ1) is 8.84. The average molecular weight is 247 g/mol. The Bertz CT molecular complexity index is 395. The van der Waals surface area contributed by atoms with Crippen LogP contribution in [0.2, 0.25) is 0 Å². The molecule has 0 aromatic carbocycles. The van der Waals surface area contributed by atoms with Gasteiger partial charge in [-0.3, -0.25) is 9.48 Å². The van der Waals surface area contributed by atoms with Crippen molar-refractivity contribution in [3.8, 4) is 0 Å². The maximum Gasteiger partial charge on any atom is 0.221 e. The molecule has 1 heterocycles. The van der Waals surface area contributed by atoms with Crippen LogP contribution < -0.4 is 5.32 Å².